The minimum Gasteiger partial charge on any atom is -0.544 e. The summed E-state index contributed by atoms with van der Waals surface area (Å²) in [6, 6.07) is 12.6. The van der Waals surface area contributed by atoms with E-state index in [0.717, 1.165) is 30.0 Å². The Morgan fingerprint density at radius 2 is 1.88 bits per heavy atom. The SMILES string of the molecule is CCCCC[NH2+][C@@H](CC(=O)Nc1ccc2ccccc2c1)C(=O)[O-]. The minimum absolute atomic E-state index is 0.0959. The second kappa shape index (κ2) is 9.03. The predicted molar refractivity (Wildman–Crippen MR) is 92.3 cm³/mol. The summed E-state index contributed by atoms with van der Waals surface area (Å²) in [7, 11) is 0. The lowest BCUT2D eigenvalue weighted by Crippen LogP contribution is -2.93. The number of nitrogens with two attached hydrogens (primary N) is 1. The van der Waals surface area contributed by atoms with Gasteiger partial charge >= 0.3 is 0 Å². The third-order valence-corrected chi connectivity index (χ3v) is 4.00. The number of aliphatic carboxylic acids is 1. The van der Waals surface area contributed by atoms with Gasteiger partial charge in [-0.25, -0.2) is 0 Å². The number of rotatable bonds is 9. The Morgan fingerprint density at radius 3 is 2.58 bits per heavy atom. The molecule has 0 heterocycles. The summed E-state index contributed by atoms with van der Waals surface area (Å²) in [5, 5.41) is 17.8. The third-order valence-electron chi connectivity index (χ3n) is 4.00. The fourth-order valence-electron chi connectivity index (χ4n) is 2.66. The minimum atomic E-state index is -1.19. The van der Waals surface area contributed by atoms with Crippen molar-refractivity contribution in [1.29, 1.82) is 0 Å². The first-order valence-electron chi connectivity index (χ1n) is 8.43. The van der Waals surface area contributed by atoms with Crippen LogP contribution in [0.25, 0.3) is 10.8 Å². The molecule has 1 amide bonds. The summed E-state index contributed by atoms with van der Waals surface area (Å²) in [6.45, 7) is 2.78. The van der Waals surface area contributed by atoms with Crippen LogP contribution in [0, 0.1) is 0 Å². The zero-order valence-corrected chi connectivity index (χ0v) is 14.0. The summed E-state index contributed by atoms with van der Waals surface area (Å²) in [5.41, 5.74) is 0.668. The van der Waals surface area contributed by atoms with Gasteiger partial charge in [-0.2, -0.15) is 0 Å². The van der Waals surface area contributed by atoms with Gasteiger partial charge in [-0.1, -0.05) is 43.7 Å². The largest absolute Gasteiger partial charge is 0.544 e. The molecule has 0 bridgehead atoms. The number of hydrogen-bond donors (Lipinski definition) is 2. The Balaban J connectivity index is 1.92. The maximum Gasteiger partial charge on any atom is 0.230 e. The molecule has 24 heavy (non-hydrogen) atoms. The van der Waals surface area contributed by atoms with E-state index < -0.39 is 12.0 Å². The van der Waals surface area contributed by atoms with Crippen molar-refractivity contribution < 1.29 is 20.0 Å². The number of unbranched alkanes of at least 4 members (excludes halogenated alkanes) is 2. The number of benzene rings is 2. The van der Waals surface area contributed by atoms with Gasteiger partial charge in [-0.05, 0) is 35.7 Å². The van der Waals surface area contributed by atoms with E-state index in [0.29, 0.717) is 12.2 Å². The zero-order valence-electron chi connectivity index (χ0n) is 14.0. The number of carboxylic acids is 1. The predicted octanol–water partition coefficient (Wildman–Crippen LogP) is 1.04. The Morgan fingerprint density at radius 1 is 1.12 bits per heavy atom. The van der Waals surface area contributed by atoms with Crippen LogP contribution in [-0.2, 0) is 9.59 Å². The van der Waals surface area contributed by atoms with Gasteiger partial charge in [0.05, 0.1) is 18.9 Å². The molecule has 2 rings (SSSR count). The second-order valence-electron chi connectivity index (χ2n) is 5.97. The first-order valence-corrected chi connectivity index (χ1v) is 8.43. The fourth-order valence-corrected chi connectivity index (χ4v) is 2.66. The Hall–Kier alpha value is -2.40. The van der Waals surface area contributed by atoms with Gasteiger partial charge in [-0.3, -0.25) is 4.79 Å². The average Bonchev–Trinajstić information content (AvgIpc) is 2.57. The van der Waals surface area contributed by atoms with Gasteiger partial charge in [0.2, 0.25) is 5.91 Å². The molecule has 5 heteroatoms. The number of nitrogens with one attached hydrogen (secondary N) is 1. The molecule has 0 unspecified atom stereocenters. The van der Waals surface area contributed by atoms with Crippen molar-refractivity contribution in [2.45, 2.75) is 38.6 Å². The number of carbonyl (C=O) groups excluding carboxylic acids is 2. The van der Waals surface area contributed by atoms with E-state index in [4.69, 9.17) is 0 Å². The number of quaternary nitrogens is 1. The molecule has 0 fully saturated rings. The van der Waals surface area contributed by atoms with Crippen LogP contribution in [0.1, 0.15) is 32.6 Å². The first-order chi connectivity index (χ1) is 11.6. The van der Waals surface area contributed by atoms with Gasteiger partial charge in [-0.15, -0.1) is 0 Å². The van der Waals surface area contributed by atoms with Crippen LogP contribution in [0.15, 0.2) is 42.5 Å². The van der Waals surface area contributed by atoms with E-state index in [1.165, 1.54) is 0 Å². The van der Waals surface area contributed by atoms with Gasteiger partial charge in [0.15, 0.2) is 0 Å². The smallest absolute Gasteiger partial charge is 0.230 e. The topological polar surface area (TPSA) is 85.8 Å². The standard InChI is InChI=1S/C19H24N2O3/c1-2-3-6-11-20-17(19(23)24)13-18(22)21-16-10-9-14-7-4-5-8-15(14)12-16/h4-5,7-10,12,17,20H,2-3,6,11,13H2,1H3,(H,21,22)(H,23,24)/t17-/m0/s1. The van der Waals surface area contributed by atoms with Gasteiger partial charge in [0, 0.05) is 5.69 Å². The lowest BCUT2D eigenvalue weighted by molar-refractivity contribution is -0.682. The molecule has 128 valence electrons. The van der Waals surface area contributed by atoms with E-state index in [2.05, 4.69) is 12.2 Å². The van der Waals surface area contributed by atoms with E-state index in [9.17, 15) is 14.7 Å². The van der Waals surface area contributed by atoms with Crippen LogP contribution in [-0.4, -0.2) is 24.5 Å². The normalized spacial score (nSPS) is 12.0. The quantitative estimate of drug-likeness (QED) is 0.675. The summed E-state index contributed by atoms with van der Waals surface area (Å²) in [6.07, 6.45) is 2.97. The summed E-state index contributed by atoms with van der Waals surface area (Å²) >= 11 is 0. The highest BCUT2D eigenvalue weighted by Crippen LogP contribution is 2.18. The third kappa shape index (κ3) is 5.35. The van der Waals surface area contributed by atoms with E-state index in [1.54, 1.807) is 5.32 Å². The second-order valence-corrected chi connectivity index (χ2v) is 5.97. The number of hydrogen-bond acceptors (Lipinski definition) is 3. The summed E-state index contributed by atoms with van der Waals surface area (Å²) < 4.78 is 0. The lowest BCUT2D eigenvalue weighted by atomic mass is 10.1. The molecule has 0 radical (unpaired) electrons. The molecule has 0 saturated heterocycles. The molecule has 1 atom stereocenters. The molecule has 0 aromatic heterocycles. The molecule has 0 aliphatic heterocycles. The van der Waals surface area contributed by atoms with Crippen molar-refractivity contribution >= 4 is 28.3 Å². The Kier molecular flexibility index (Phi) is 6.75. The molecule has 0 aliphatic carbocycles. The average molecular weight is 328 g/mol. The van der Waals surface area contributed by atoms with Crippen molar-refractivity contribution in [2.24, 2.45) is 0 Å². The Labute approximate surface area is 142 Å². The number of carboxylic acid groups (broad SMARTS) is 1. The van der Waals surface area contributed by atoms with Crippen LogP contribution < -0.4 is 15.7 Å². The van der Waals surface area contributed by atoms with Crippen LogP contribution in [0.2, 0.25) is 0 Å². The van der Waals surface area contributed by atoms with Gasteiger partial charge < -0.3 is 20.5 Å². The molecule has 2 aromatic carbocycles. The molecule has 0 aliphatic rings. The maximum absolute atomic E-state index is 12.1. The van der Waals surface area contributed by atoms with Crippen molar-refractivity contribution in [2.75, 3.05) is 11.9 Å². The number of fused-ring (bicyclic) bond motifs is 1. The molecule has 5 nitrogen and oxygen atoms in total. The van der Waals surface area contributed by atoms with Crippen molar-refractivity contribution in [3.63, 3.8) is 0 Å². The highest BCUT2D eigenvalue weighted by molar-refractivity contribution is 5.96. The van der Waals surface area contributed by atoms with Gasteiger partial charge in [0.25, 0.3) is 0 Å². The van der Waals surface area contributed by atoms with Crippen LogP contribution in [0.4, 0.5) is 5.69 Å². The summed E-state index contributed by atoms with van der Waals surface area (Å²) in [4.78, 5) is 23.3. The highest BCUT2D eigenvalue weighted by Gasteiger charge is 2.18. The number of amides is 1. The van der Waals surface area contributed by atoms with Crippen LogP contribution in [0.3, 0.4) is 0 Å². The van der Waals surface area contributed by atoms with E-state index in [1.807, 2.05) is 42.5 Å². The Bertz CT molecular complexity index is 700. The maximum atomic E-state index is 12.1. The van der Waals surface area contributed by atoms with Gasteiger partial charge in [0.1, 0.15) is 6.04 Å². The van der Waals surface area contributed by atoms with E-state index in [-0.39, 0.29) is 12.3 Å². The molecular formula is C19H24N2O3. The molecule has 0 spiro atoms. The van der Waals surface area contributed by atoms with Crippen LogP contribution in [0.5, 0.6) is 0 Å². The molecule has 3 N–H and O–H groups in total. The van der Waals surface area contributed by atoms with Crippen LogP contribution >= 0.6 is 0 Å². The van der Waals surface area contributed by atoms with Crippen molar-refractivity contribution in [3.05, 3.63) is 42.5 Å². The molecular weight excluding hydrogens is 304 g/mol. The summed E-state index contributed by atoms with van der Waals surface area (Å²) in [5.74, 6) is -1.51. The lowest BCUT2D eigenvalue weighted by Gasteiger charge is -2.16. The van der Waals surface area contributed by atoms with Crippen molar-refractivity contribution in [3.8, 4) is 0 Å². The fraction of sp³-hybridized carbons (Fsp3) is 0.368. The molecule has 0 saturated carbocycles. The highest BCUT2D eigenvalue weighted by atomic mass is 16.4. The first kappa shape index (κ1) is 17.9. The van der Waals surface area contributed by atoms with E-state index >= 15 is 0 Å². The number of anilines is 1. The van der Waals surface area contributed by atoms with Crippen molar-refractivity contribution in [1.82, 2.24) is 0 Å². The zero-order chi connectivity index (χ0) is 17.4. The monoisotopic (exact) mass is 328 g/mol. The number of carbonyl (C=O) groups is 2. The molecule has 2 aromatic rings.